The summed E-state index contributed by atoms with van der Waals surface area (Å²) in [6, 6.07) is 6.39. The smallest absolute Gasteiger partial charge is 0.343 e. The molecule has 1 N–H and O–H groups in total. The first-order chi connectivity index (χ1) is 6.47. The van der Waals surface area contributed by atoms with E-state index in [1.807, 2.05) is 0 Å². The van der Waals surface area contributed by atoms with Crippen molar-refractivity contribution in [2.24, 2.45) is 0 Å². The maximum absolute atomic E-state index is 12.6. The molecule has 0 saturated heterocycles. The summed E-state index contributed by atoms with van der Waals surface area (Å²) in [6.07, 6.45) is 0. The second kappa shape index (κ2) is 3.06. The largest absolute Gasteiger partial charge is 0.347 e. The van der Waals surface area contributed by atoms with E-state index in [0.717, 1.165) is 4.47 Å². The number of halogens is 2. The van der Waals surface area contributed by atoms with Crippen LogP contribution in [0.5, 0.6) is 0 Å². The highest BCUT2D eigenvalue weighted by Gasteiger charge is 2.14. The van der Waals surface area contributed by atoms with Crippen LogP contribution in [-0.2, 0) is 10.2 Å². The van der Waals surface area contributed by atoms with Crippen molar-refractivity contribution in [2.75, 3.05) is 0 Å². The Morgan fingerprint density at radius 3 is 2.64 bits per heavy atom. The molecule has 0 fully saturated rings. The molecule has 0 aliphatic heterocycles. The van der Waals surface area contributed by atoms with E-state index in [0.29, 0.717) is 10.9 Å². The number of nitrogens with one attached hydrogen (secondary N) is 1. The summed E-state index contributed by atoms with van der Waals surface area (Å²) < 4.78 is 34.6. The van der Waals surface area contributed by atoms with E-state index < -0.39 is 15.2 Å². The van der Waals surface area contributed by atoms with Gasteiger partial charge >= 0.3 is 10.2 Å². The molecule has 0 atom stereocenters. The number of rotatable bonds is 1. The van der Waals surface area contributed by atoms with Crippen molar-refractivity contribution in [1.29, 1.82) is 0 Å². The Kier molecular flexibility index (Phi) is 2.11. The van der Waals surface area contributed by atoms with E-state index in [-0.39, 0.29) is 0 Å². The first-order valence-electron chi connectivity index (χ1n) is 3.70. The van der Waals surface area contributed by atoms with Crippen LogP contribution in [0.3, 0.4) is 0 Å². The van der Waals surface area contributed by atoms with E-state index in [1.165, 1.54) is 6.07 Å². The fourth-order valence-corrected chi connectivity index (χ4v) is 2.09. The first-order valence-corrected chi connectivity index (χ1v) is 5.87. The molecule has 14 heavy (non-hydrogen) atoms. The van der Waals surface area contributed by atoms with Crippen LogP contribution in [0.1, 0.15) is 0 Å². The molecule has 0 aliphatic rings. The summed E-state index contributed by atoms with van der Waals surface area (Å²) in [5.41, 5.74) is 0.587. The molecular weight excluding hydrogens is 273 g/mol. The third-order valence-electron chi connectivity index (χ3n) is 1.82. The molecule has 1 aromatic heterocycles. The molecule has 2 rings (SSSR count). The van der Waals surface area contributed by atoms with E-state index >= 15 is 0 Å². The summed E-state index contributed by atoms with van der Waals surface area (Å²) in [5, 5.41) is 0.237. The van der Waals surface area contributed by atoms with E-state index in [4.69, 9.17) is 0 Å². The van der Waals surface area contributed by atoms with Gasteiger partial charge in [-0.1, -0.05) is 19.8 Å². The van der Waals surface area contributed by atoms with Crippen LogP contribution >= 0.6 is 15.9 Å². The standard InChI is InChI=1S/C8H5BrFNO2S/c9-6-1-2-7-5(3-6)4-8(11-7)14(10,12)13/h1-4,11H. The average molecular weight is 278 g/mol. The zero-order valence-electron chi connectivity index (χ0n) is 6.79. The summed E-state index contributed by atoms with van der Waals surface area (Å²) in [4.78, 5) is 2.48. The lowest BCUT2D eigenvalue weighted by molar-refractivity contribution is 0.549. The molecule has 0 bridgehead atoms. The molecule has 2 aromatic rings. The minimum absolute atomic E-state index is 0.411. The highest BCUT2D eigenvalue weighted by atomic mass is 79.9. The number of hydrogen-bond acceptors (Lipinski definition) is 2. The van der Waals surface area contributed by atoms with Crippen LogP contribution in [-0.4, -0.2) is 13.4 Å². The normalized spacial score (nSPS) is 12.1. The minimum atomic E-state index is -4.65. The quantitative estimate of drug-likeness (QED) is 0.815. The number of hydrogen-bond donors (Lipinski definition) is 1. The zero-order chi connectivity index (χ0) is 10.3. The van der Waals surface area contributed by atoms with Crippen LogP contribution in [0.4, 0.5) is 3.89 Å². The predicted molar refractivity (Wildman–Crippen MR) is 54.3 cm³/mol. The number of benzene rings is 1. The first kappa shape index (κ1) is 9.67. The van der Waals surface area contributed by atoms with Gasteiger partial charge in [-0.2, -0.15) is 8.42 Å². The van der Waals surface area contributed by atoms with Crippen LogP contribution < -0.4 is 0 Å². The Balaban J connectivity index is 2.75. The second-order valence-electron chi connectivity index (χ2n) is 2.80. The lowest BCUT2D eigenvalue weighted by Gasteiger charge is -1.89. The van der Waals surface area contributed by atoms with Crippen molar-refractivity contribution in [3.05, 3.63) is 28.7 Å². The molecule has 1 heterocycles. The van der Waals surface area contributed by atoms with E-state index in [2.05, 4.69) is 20.9 Å². The maximum atomic E-state index is 12.6. The Labute approximate surface area is 88.3 Å². The maximum Gasteiger partial charge on any atom is 0.347 e. The van der Waals surface area contributed by atoms with Gasteiger partial charge in [0.05, 0.1) is 0 Å². The minimum Gasteiger partial charge on any atom is -0.343 e. The van der Waals surface area contributed by atoms with Gasteiger partial charge in [0, 0.05) is 15.4 Å². The molecule has 74 valence electrons. The van der Waals surface area contributed by atoms with Gasteiger partial charge in [0.15, 0.2) is 5.03 Å². The molecule has 0 amide bonds. The molecule has 6 heteroatoms. The van der Waals surface area contributed by atoms with Gasteiger partial charge in [0.2, 0.25) is 0 Å². The second-order valence-corrected chi connectivity index (χ2v) is 5.03. The van der Waals surface area contributed by atoms with Gasteiger partial charge in [-0.3, -0.25) is 0 Å². The molecular formula is C8H5BrFNO2S. The highest BCUT2D eigenvalue weighted by Crippen LogP contribution is 2.23. The molecule has 0 radical (unpaired) electrons. The van der Waals surface area contributed by atoms with Gasteiger partial charge in [0.25, 0.3) is 0 Å². The van der Waals surface area contributed by atoms with E-state index in [1.54, 1.807) is 18.2 Å². The van der Waals surface area contributed by atoms with Gasteiger partial charge in [-0.15, -0.1) is 0 Å². The summed E-state index contributed by atoms with van der Waals surface area (Å²) >= 11 is 3.24. The topological polar surface area (TPSA) is 49.9 Å². The third kappa shape index (κ3) is 1.67. The molecule has 1 aromatic carbocycles. The average Bonchev–Trinajstić information content (AvgIpc) is 2.45. The summed E-state index contributed by atoms with van der Waals surface area (Å²) in [7, 11) is -4.65. The monoisotopic (exact) mass is 277 g/mol. The lowest BCUT2D eigenvalue weighted by atomic mass is 10.3. The van der Waals surface area contributed by atoms with Crippen LogP contribution in [0, 0.1) is 0 Å². The van der Waals surface area contributed by atoms with Crippen molar-refractivity contribution < 1.29 is 12.3 Å². The Hall–Kier alpha value is -0.880. The Morgan fingerprint density at radius 2 is 2.00 bits per heavy atom. The van der Waals surface area contributed by atoms with Gasteiger partial charge < -0.3 is 4.98 Å². The Morgan fingerprint density at radius 1 is 1.29 bits per heavy atom. The van der Waals surface area contributed by atoms with Gasteiger partial charge in [-0.25, -0.2) is 0 Å². The third-order valence-corrected chi connectivity index (χ3v) is 3.06. The van der Waals surface area contributed by atoms with Gasteiger partial charge in [0.1, 0.15) is 0 Å². The molecule has 0 spiro atoms. The number of aromatic nitrogens is 1. The fourth-order valence-electron chi connectivity index (χ4n) is 1.21. The number of aromatic amines is 1. The molecule has 0 aliphatic carbocycles. The number of H-pyrrole nitrogens is 1. The fraction of sp³-hybridized carbons (Fsp3) is 0. The molecule has 3 nitrogen and oxygen atoms in total. The van der Waals surface area contributed by atoms with Gasteiger partial charge in [-0.05, 0) is 24.3 Å². The van der Waals surface area contributed by atoms with Crippen molar-refractivity contribution in [1.82, 2.24) is 4.98 Å². The molecule has 0 unspecified atom stereocenters. The Bertz CT molecular complexity index is 590. The van der Waals surface area contributed by atoms with Crippen molar-refractivity contribution in [3.63, 3.8) is 0 Å². The highest BCUT2D eigenvalue weighted by molar-refractivity contribution is 9.10. The SMILES string of the molecule is O=S(=O)(F)c1cc2cc(Br)ccc2[nH]1. The van der Waals surface area contributed by atoms with Crippen molar-refractivity contribution in [2.45, 2.75) is 5.03 Å². The van der Waals surface area contributed by atoms with Crippen molar-refractivity contribution >= 4 is 37.1 Å². The van der Waals surface area contributed by atoms with Crippen LogP contribution in [0.2, 0.25) is 0 Å². The summed E-state index contributed by atoms with van der Waals surface area (Å²) in [5.74, 6) is 0. The molecule has 0 saturated carbocycles. The number of fused-ring (bicyclic) bond motifs is 1. The van der Waals surface area contributed by atoms with Crippen LogP contribution in [0.15, 0.2) is 33.8 Å². The lowest BCUT2D eigenvalue weighted by Crippen LogP contribution is -1.90. The van der Waals surface area contributed by atoms with Crippen molar-refractivity contribution in [3.8, 4) is 0 Å². The predicted octanol–water partition coefficient (Wildman–Crippen LogP) is 2.59. The van der Waals surface area contributed by atoms with Crippen LogP contribution in [0.25, 0.3) is 10.9 Å². The summed E-state index contributed by atoms with van der Waals surface area (Å²) in [6.45, 7) is 0. The zero-order valence-corrected chi connectivity index (χ0v) is 9.19. The van der Waals surface area contributed by atoms with E-state index in [9.17, 15) is 12.3 Å².